The predicted molar refractivity (Wildman–Crippen MR) is 75.3 cm³/mol. The summed E-state index contributed by atoms with van der Waals surface area (Å²) in [6, 6.07) is 7.83. The third kappa shape index (κ3) is 2.21. The van der Waals surface area contributed by atoms with E-state index in [0.29, 0.717) is 11.7 Å². The molecule has 1 N–H and O–H groups in total. The highest BCUT2D eigenvalue weighted by atomic mass is 32.1. The van der Waals surface area contributed by atoms with Gasteiger partial charge in [-0.1, -0.05) is 37.3 Å². The van der Waals surface area contributed by atoms with E-state index in [9.17, 15) is 4.79 Å². The van der Waals surface area contributed by atoms with Crippen LogP contribution in [0.15, 0.2) is 24.3 Å². The Morgan fingerprint density at radius 3 is 3.00 bits per heavy atom. The number of nitrogens with one attached hydrogen (secondary N) is 1. The highest BCUT2D eigenvalue weighted by molar-refractivity contribution is 7.16. The van der Waals surface area contributed by atoms with Crippen LogP contribution >= 0.6 is 11.3 Å². The van der Waals surface area contributed by atoms with E-state index in [1.807, 2.05) is 38.1 Å². The van der Waals surface area contributed by atoms with Crippen LogP contribution in [0.1, 0.15) is 18.7 Å². The Labute approximate surface area is 115 Å². The van der Waals surface area contributed by atoms with Crippen LogP contribution in [0, 0.1) is 5.92 Å². The molecule has 0 aliphatic carbocycles. The van der Waals surface area contributed by atoms with E-state index in [-0.39, 0.29) is 11.8 Å². The van der Waals surface area contributed by atoms with Gasteiger partial charge in [-0.25, -0.2) is 4.98 Å². The first-order valence-corrected chi connectivity index (χ1v) is 6.99. The maximum absolute atomic E-state index is 11.7. The van der Waals surface area contributed by atoms with Crippen molar-refractivity contribution in [3.63, 3.8) is 0 Å². The van der Waals surface area contributed by atoms with Crippen molar-refractivity contribution in [3.8, 4) is 17.0 Å². The lowest BCUT2D eigenvalue weighted by molar-refractivity contribution is -0.118. The molecule has 98 valence electrons. The molecule has 0 bridgehead atoms. The minimum Gasteiger partial charge on any atom is -0.487 e. The summed E-state index contributed by atoms with van der Waals surface area (Å²) in [5.74, 6) is 0.784. The van der Waals surface area contributed by atoms with Gasteiger partial charge >= 0.3 is 0 Å². The number of anilines is 1. The molecule has 0 saturated carbocycles. The van der Waals surface area contributed by atoms with Crippen LogP contribution in [0.4, 0.5) is 5.13 Å². The second-order valence-electron chi connectivity index (χ2n) is 4.72. The molecule has 1 aromatic heterocycles. The van der Waals surface area contributed by atoms with Gasteiger partial charge in [0.25, 0.3) is 0 Å². The minimum absolute atomic E-state index is 0.0136. The van der Waals surface area contributed by atoms with Crippen LogP contribution < -0.4 is 10.1 Å². The topological polar surface area (TPSA) is 51.2 Å². The lowest BCUT2D eigenvalue weighted by Gasteiger charge is -2.15. The van der Waals surface area contributed by atoms with Gasteiger partial charge in [-0.15, -0.1) is 0 Å². The molecule has 1 aliphatic heterocycles. The zero-order valence-electron chi connectivity index (χ0n) is 10.8. The van der Waals surface area contributed by atoms with Gasteiger partial charge in [0, 0.05) is 11.5 Å². The highest BCUT2D eigenvalue weighted by Crippen LogP contribution is 2.40. The van der Waals surface area contributed by atoms with E-state index < -0.39 is 0 Å². The zero-order valence-corrected chi connectivity index (χ0v) is 11.6. The first-order chi connectivity index (χ1) is 9.15. The van der Waals surface area contributed by atoms with Gasteiger partial charge in [0.05, 0.1) is 10.6 Å². The molecule has 1 amide bonds. The van der Waals surface area contributed by atoms with E-state index in [1.54, 1.807) is 0 Å². The maximum Gasteiger partial charge on any atom is 0.228 e. The number of hydrogen-bond acceptors (Lipinski definition) is 4. The molecule has 0 radical (unpaired) electrons. The van der Waals surface area contributed by atoms with E-state index in [2.05, 4.69) is 10.3 Å². The standard InChI is InChI=1S/C14H14N2O2S/c1-8(2)13(17)16-14-15-12-9-5-3-4-6-10(9)18-7-11(12)19-14/h3-6,8H,7H2,1-2H3,(H,15,16,17). The number of aromatic nitrogens is 1. The number of fused-ring (bicyclic) bond motifs is 3. The lowest BCUT2D eigenvalue weighted by Crippen LogP contribution is -2.17. The molecule has 0 unspecified atom stereocenters. The average Bonchev–Trinajstić information content (AvgIpc) is 2.81. The van der Waals surface area contributed by atoms with Crippen molar-refractivity contribution in [2.24, 2.45) is 5.92 Å². The Bertz CT molecular complexity index is 634. The number of ether oxygens (including phenoxy) is 1. The third-order valence-corrected chi connectivity index (χ3v) is 3.90. The summed E-state index contributed by atoms with van der Waals surface area (Å²) >= 11 is 1.48. The second-order valence-corrected chi connectivity index (χ2v) is 5.80. The van der Waals surface area contributed by atoms with Crippen LogP contribution in [0.25, 0.3) is 11.3 Å². The number of carbonyl (C=O) groups is 1. The fraction of sp³-hybridized carbons (Fsp3) is 0.286. The van der Waals surface area contributed by atoms with Gasteiger partial charge < -0.3 is 10.1 Å². The van der Waals surface area contributed by atoms with Gasteiger partial charge in [-0.05, 0) is 12.1 Å². The third-order valence-electron chi connectivity index (χ3n) is 2.95. The molecular formula is C14H14N2O2S. The van der Waals surface area contributed by atoms with Gasteiger partial charge in [0.2, 0.25) is 5.91 Å². The van der Waals surface area contributed by atoms with Crippen molar-refractivity contribution in [2.75, 3.05) is 5.32 Å². The number of nitrogens with zero attached hydrogens (tertiary/aromatic N) is 1. The first kappa shape index (κ1) is 12.2. The zero-order chi connectivity index (χ0) is 13.4. The smallest absolute Gasteiger partial charge is 0.228 e. The molecule has 0 spiro atoms. The molecule has 3 rings (SSSR count). The second kappa shape index (κ2) is 4.66. The number of carbonyl (C=O) groups excluding carboxylic acids is 1. The summed E-state index contributed by atoms with van der Waals surface area (Å²) in [7, 11) is 0. The average molecular weight is 274 g/mol. The molecule has 5 heteroatoms. The minimum atomic E-state index is -0.0514. The number of benzene rings is 1. The molecular weight excluding hydrogens is 260 g/mol. The van der Waals surface area contributed by atoms with Gasteiger partial charge in [0.1, 0.15) is 12.4 Å². The molecule has 0 fully saturated rings. The fourth-order valence-corrected chi connectivity index (χ4v) is 2.79. The Morgan fingerprint density at radius 2 is 2.21 bits per heavy atom. The van der Waals surface area contributed by atoms with Crippen LogP contribution in [-0.2, 0) is 11.4 Å². The summed E-state index contributed by atoms with van der Waals surface area (Å²) < 4.78 is 5.67. The maximum atomic E-state index is 11.7. The molecule has 1 aliphatic rings. The summed E-state index contributed by atoms with van der Waals surface area (Å²) in [5.41, 5.74) is 1.91. The molecule has 0 saturated heterocycles. The summed E-state index contributed by atoms with van der Waals surface area (Å²) in [5, 5.41) is 3.48. The van der Waals surface area contributed by atoms with Crippen LogP contribution in [0.5, 0.6) is 5.75 Å². The van der Waals surface area contributed by atoms with Crippen molar-refractivity contribution >= 4 is 22.4 Å². The van der Waals surface area contributed by atoms with Gasteiger partial charge in [-0.2, -0.15) is 0 Å². The van der Waals surface area contributed by atoms with Gasteiger partial charge in [0.15, 0.2) is 5.13 Å². The van der Waals surface area contributed by atoms with Crippen LogP contribution in [0.2, 0.25) is 0 Å². The molecule has 4 nitrogen and oxygen atoms in total. The van der Waals surface area contributed by atoms with Crippen molar-refractivity contribution in [1.29, 1.82) is 0 Å². The number of hydrogen-bond donors (Lipinski definition) is 1. The monoisotopic (exact) mass is 274 g/mol. The molecule has 2 aromatic rings. The first-order valence-electron chi connectivity index (χ1n) is 6.18. The fourth-order valence-electron chi connectivity index (χ4n) is 1.89. The predicted octanol–water partition coefficient (Wildman–Crippen LogP) is 3.30. The summed E-state index contributed by atoms with van der Waals surface area (Å²) in [4.78, 5) is 17.3. The van der Waals surface area contributed by atoms with E-state index in [0.717, 1.165) is 21.9 Å². The molecule has 1 aromatic carbocycles. The molecule has 19 heavy (non-hydrogen) atoms. The summed E-state index contributed by atoms with van der Waals surface area (Å²) in [6.07, 6.45) is 0. The summed E-state index contributed by atoms with van der Waals surface area (Å²) in [6.45, 7) is 4.24. The van der Waals surface area contributed by atoms with Gasteiger partial charge in [-0.3, -0.25) is 4.79 Å². The van der Waals surface area contributed by atoms with Crippen molar-refractivity contribution in [2.45, 2.75) is 20.5 Å². The molecule has 2 heterocycles. The SMILES string of the molecule is CC(C)C(=O)Nc1nc2c(s1)COc1ccccc1-2. The van der Waals surface area contributed by atoms with Crippen molar-refractivity contribution < 1.29 is 9.53 Å². The lowest BCUT2D eigenvalue weighted by atomic mass is 10.1. The van der Waals surface area contributed by atoms with E-state index in [4.69, 9.17) is 4.74 Å². The number of amides is 1. The Balaban J connectivity index is 1.95. The van der Waals surface area contributed by atoms with Crippen molar-refractivity contribution in [3.05, 3.63) is 29.1 Å². The normalized spacial score (nSPS) is 12.6. The van der Waals surface area contributed by atoms with E-state index >= 15 is 0 Å². The Morgan fingerprint density at radius 1 is 1.42 bits per heavy atom. The number of para-hydroxylation sites is 1. The largest absolute Gasteiger partial charge is 0.487 e. The Hall–Kier alpha value is -1.88. The van der Waals surface area contributed by atoms with Crippen molar-refractivity contribution in [1.82, 2.24) is 4.98 Å². The van der Waals surface area contributed by atoms with Crippen LogP contribution in [0.3, 0.4) is 0 Å². The number of rotatable bonds is 2. The Kier molecular flexibility index (Phi) is 2.98. The molecule has 0 atom stereocenters. The van der Waals surface area contributed by atoms with Crippen LogP contribution in [-0.4, -0.2) is 10.9 Å². The highest BCUT2D eigenvalue weighted by Gasteiger charge is 2.22. The van der Waals surface area contributed by atoms with E-state index in [1.165, 1.54) is 11.3 Å². The quantitative estimate of drug-likeness (QED) is 0.914. The number of thiazole rings is 1.